The van der Waals surface area contributed by atoms with E-state index in [9.17, 15) is 8.42 Å². The number of benzene rings is 2. The van der Waals surface area contributed by atoms with Crippen LogP contribution >= 0.6 is 11.8 Å². The first-order valence-corrected chi connectivity index (χ1v) is 14.9. The van der Waals surface area contributed by atoms with Gasteiger partial charge in [0.15, 0.2) is 0 Å². The molecule has 1 atom stereocenters. The number of anilines is 2. The predicted molar refractivity (Wildman–Crippen MR) is 154 cm³/mol. The molecule has 2 fully saturated rings. The quantitative estimate of drug-likeness (QED) is 0.273. The van der Waals surface area contributed by atoms with Gasteiger partial charge in [0.05, 0.1) is 22.2 Å². The van der Waals surface area contributed by atoms with Gasteiger partial charge in [0.2, 0.25) is 11.8 Å². The Balaban J connectivity index is 1.35. The van der Waals surface area contributed by atoms with Crippen LogP contribution < -0.4 is 19.2 Å². The highest BCUT2D eigenvalue weighted by Gasteiger charge is 2.40. The molecule has 0 bridgehead atoms. The van der Waals surface area contributed by atoms with E-state index in [2.05, 4.69) is 20.6 Å². The van der Waals surface area contributed by atoms with E-state index in [0.29, 0.717) is 52.8 Å². The summed E-state index contributed by atoms with van der Waals surface area (Å²) in [6.45, 7) is 3.84. The van der Waals surface area contributed by atoms with Crippen molar-refractivity contribution in [1.82, 2.24) is 20.3 Å². The van der Waals surface area contributed by atoms with Gasteiger partial charge in [-0.25, -0.2) is 23.4 Å². The fourth-order valence-electron chi connectivity index (χ4n) is 4.84. The van der Waals surface area contributed by atoms with E-state index in [1.807, 2.05) is 43.3 Å². The molecule has 4 aromatic rings. The van der Waals surface area contributed by atoms with Gasteiger partial charge >= 0.3 is 0 Å². The normalized spacial score (nSPS) is 17.6. The Hall–Kier alpha value is -3.47. The third kappa shape index (κ3) is 5.24. The van der Waals surface area contributed by atoms with Gasteiger partial charge in [-0.05, 0) is 69.0 Å². The fraction of sp³-hybridized carbons (Fsp3) is 0.321. The van der Waals surface area contributed by atoms with Crippen molar-refractivity contribution in [3.8, 4) is 22.9 Å². The monoisotopic (exact) mass is 564 g/mol. The van der Waals surface area contributed by atoms with Crippen molar-refractivity contribution in [1.29, 1.82) is 0 Å². The Morgan fingerprint density at radius 2 is 1.90 bits per heavy atom. The third-order valence-corrected chi connectivity index (χ3v) is 9.79. The number of fused-ring (bicyclic) bond motifs is 1. The summed E-state index contributed by atoms with van der Waals surface area (Å²) >= 11 is 6.42. The van der Waals surface area contributed by atoms with Gasteiger partial charge in [-0.15, -0.1) is 0 Å². The molecule has 0 amide bonds. The molecule has 39 heavy (non-hydrogen) atoms. The van der Waals surface area contributed by atoms with Crippen LogP contribution in [0.4, 0.5) is 11.6 Å². The smallest absolute Gasteiger partial charge is 0.251 e. The maximum atomic E-state index is 12.9. The Bertz CT molecular complexity index is 1620. The zero-order valence-electron chi connectivity index (χ0n) is 21.5. The zero-order valence-corrected chi connectivity index (χ0v) is 23.0. The van der Waals surface area contributed by atoms with Gasteiger partial charge in [-0.3, -0.25) is 0 Å². The van der Waals surface area contributed by atoms with Gasteiger partial charge in [0.25, 0.3) is 10.0 Å². The van der Waals surface area contributed by atoms with Crippen molar-refractivity contribution in [2.75, 3.05) is 22.2 Å². The van der Waals surface area contributed by atoms with Crippen molar-refractivity contribution in [3.63, 3.8) is 0 Å². The number of hydrogen-bond donors (Lipinski definition) is 2. The van der Waals surface area contributed by atoms with Crippen LogP contribution in [0.1, 0.15) is 31.2 Å². The van der Waals surface area contributed by atoms with Crippen LogP contribution in [0, 0.1) is 6.92 Å². The molecule has 0 unspecified atom stereocenters. The SMILES string of the molecule is Cc1ccc2c(N(Cl)S(=O)(=O)C3CC3)cccc2c1Oc1ncccc1-c1ccnc(N[C@H]2CCCNC2)n1. The second-order valence-corrected chi connectivity index (χ2v) is 12.6. The molecule has 1 saturated carbocycles. The van der Waals surface area contributed by atoms with Crippen molar-refractivity contribution < 1.29 is 13.2 Å². The molecule has 2 aromatic heterocycles. The van der Waals surface area contributed by atoms with Crippen LogP contribution in [0.5, 0.6) is 11.6 Å². The van der Waals surface area contributed by atoms with Gasteiger partial charge in [-0.2, -0.15) is 3.82 Å². The maximum Gasteiger partial charge on any atom is 0.251 e. The maximum absolute atomic E-state index is 12.9. The molecule has 11 heteroatoms. The van der Waals surface area contributed by atoms with Crippen LogP contribution in [0.25, 0.3) is 22.0 Å². The number of aryl methyl sites for hydroxylation is 1. The van der Waals surface area contributed by atoms with Crippen molar-refractivity contribution in [2.24, 2.45) is 0 Å². The van der Waals surface area contributed by atoms with E-state index in [4.69, 9.17) is 21.5 Å². The molecule has 3 heterocycles. The van der Waals surface area contributed by atoms with Crippen molar-refractivity contribution in [2.45, 2.75) is 43.9 Å². The average Bonchev–Trinajstić information content (AvgIpc) is 3.81. The lowest BCUT2D eigenvalue weighted by Crippen LogP contribution is -2.38. The highest BCUT2D eigenvalue weighted by Crippen LogP contribution is 2.42. The number of rotatable bonds is 8. The predicted octanol–water partition coefficient (Wildman–Crippen LogP) is 5.41. The number of ether oxygens (including phenoxy) is 1. The number of hydrogen-bond acceptors (Lipinski definition) is 8. The lowest BCUT2D eigenvalue weighted by atomic mass is 10.0. The van der Waals surface area contributed by atoms with Crippen LogP contribution in [-0.4, -0.2) is 47.8 Å². The third-order valence-electron chi connectivity index (χ3n) is 7.08. The van der Waals surface area contributed by atoms with E-state index in [-0.39, 0.29) is 6.04 Å². The molecule has 0 radical (unpaired) electrons. The van der Waals surface area contributed by atoms with E-state index < -0.39 is 15.3 Å². The Morgan fingerprint density at radius 1 is 1.03 bits per heavy atom. The molecule has 2 aromatic carbocycles. The van der Waals surface area contributed by atoms with Gasteiger partial charge < -0.3 is 15.4 Å². The number of piperidine rings is 1. The van der Waals surface area contributed by atoms with E-state index in [0.717, 1.165) is 40.7 Å². The zero-order chi connectivity index (χ0) is 27.0. The minimum absolute atomic E-state index is 0.274. The van der Waals surface area contributed by atoms with Gasteiger partial charge in [0.1, 0.15) is 5.75 Å². The number of aromatic nitrogens is 3. The summed E-state index contributed by atoms with van der Waals surface area (Å²) < 4.78 is 33.1. The van der Waals surface area contributed by atoms with Crippen molar-refractivity contribution in [3.05, 3.63) is 66.5 Å². The highest BCUT2D eigenvalue weighted by atomic mass is 35.5. The first-order chi connectivity index (χ1) is 18.9. The molecule has 1 aliphatic heterocycles. The lowest BCUT2D eigenvalue weighted by Gasteiger charge is -2.23. The van der Waals surface area contributed by atoms with Crippen LogP contribution in [-0.2, 0) is 10.0 Å². The molecule has 2 N–H and O–H groups in total. The Morgan fingerprint density at radius 3 is 2.69 bits per heavy atom. The number of sulfonamides is 1. The Labute approximate surface area is 232 Å². The molecular weight excluding hydrogens is 536 g/mol. The molecular formula is C28H29ClN6O3S. The molecule has 6 rings (SSSR count). The second kappa shape index (κ2) is 10.6. The summed E-state index contributed by atoms with van der Waals surface area (Å²) in [5, 5.41) is 7.79. The van der Waals surface area contributed by atoms with E-state index >= 15 is 0 Å². The largest absolute Gasteiger partial charge is 0.437 e. The topological polar surface area (TPSA) is 109 Å². The summed E-state index contributed by atoms with van der Waals surface area (Å²) in [6.07, 6.45) is 6.82. The number of pyridine rings is 1. The first kappa shape index (κ1) is 25.8. The van der Waals surface area contributed by atoms with Gasteiger partial charge in [0, 0.05) is 47.5 Å². The minimum atomic E-state index is -3.63. The fourth-order valence-corrected chi connectivity index (χ4v) is 6.76. The molecule has 1 saturated heterocycles. The highest BCUT2D eigenvalue weighted by molar-refractivity contribution is 7.94. The second-order valence-electron chi connectivity index (χ2n) is 9.95. The average molecular weight is 565 g/mol. The molecule has 202 valence electrons. The summed E-state index contributed by atoms with van der Waals surface area (Å²) in [5.74, 6) is 1.51. The first-order valence-electron chi connectivity index (χ1n) is 13.1. The summed E-state index contributed by atoms with van der Waals surface area (Å²) in [7, 11) is -3.63. The molecule has 0 spiro atoms. The van der Waals surface area contributed by atoms with Crippen LogP contribution in [0.3, 0.4) is 0 Å². The molecule has 9 nitrogen and oxygen atoms in total. The summed E-state index contributed by atoms with van der Waals surface area (Å²) in [4.78, 5) is 13.7. The summed E-state index contributed by atoms with van der Waals surface area (Å²) in [5.41, 5.74) is 2.67. The molecule has 2 aliphatic rings. The van der Waals surface area contributed by atoms with Crippen LogP contribution in [0.15, 0.2) is 60.9 Å². The Kier molecular flexibility index (Phi) is 7.01. The minimum Gasteiger partial charge on any atom is -0.437 e. The number of halogens is 1. The van der Waals surface area contributed by atoms with Crippen LogP contribution in [0.2, 0.25) is 0 Å². The molecule has 1 aliphatic carbocycles. The van der Waals surface area contributed by atoms with E-state index in [1.54, 1.807) is 24.5 Å². The van der Waals surface area contributed by atoms with Crippen molar-refractivity contribution >= 4 is 44.2 Å². The van der Waals surface area contributed by atoms with E-state index in [1.165, 1.54) is 0 Å². The standard InChI is InChI=1S/C28H29ClN6O3S/c1-18-9-12-21-22(6-2-8-25(21)35(29)39(36,37)20-10-11-20)26(18)38-27-23(7-4-15-31-27)24-13-16-32-28(34-24)33-19-5-3-14-30-17-19/h2,4,6-9,12-13,15-16,19-20,30H,3,5,10-11,14,17H2,1H3,(H,32,33,34)/t19-/m0/s1. The number of nitrogens with zero attached hydrogens (tertiary/aromatic N) is 4. The van der Waals surface area contributed by atoms with Gasteiger partial charge in [-0.1, -0.05) is 24.3 Å². The summed E-state index contributed by atoms with van der Waals surface area (Å²) in [6, 6.07) is 15.0. The number of nitrogens with one attached hydrogen (secondary N) is 2. The lowest BCUT2D eigenvalue weighted by molar-refractivity contribution is 0.466.